The van der Waals surface area contributed by atoms with E-state index in [4.69, 9.17) is 0 Å². The zero-order chi connectivity index (χ0) is 20.8. The predicted octanol–water partition coefficient (Wildman–Crippen LogP) is 5.01. The van der Waals surface area contributed by atoms with E-state index in [0.29, 0.717) is 5.56 Å². The minimum Gasteiger partial charge on any atom is -0.344 e. The Morgan fingerprint density at radius 2 is 1.76 bits per heavy atom. The molecule has 1 aromatic heterocycles. The van der Waals surface area contributed by atoms with E-state index in [1.165, 1.54) is 11.3 Å². The number of benzene rings is 2. The topological polar surface area (TPSA) is 58.2 Å². The molecule has 0 saturated heterocycles. The van der Waals surface area contributed by atoms with Gasteiger partial charge in [-0.1, -0.05) is 48.0 Å². The molecule has 29 heavy (non-hydrogen) atoms. The maximum absolute atomic E-state index is 13.0. The van der Waals surface area contributed by atoms with Gasteiger partial charge in [-0.3, -0.25) is 9.59 Å². The Morgan fingerprint density at radius 3 is 2.45 bits per heavy atom. The second kappa shape index (κ2) is 9.34. The fourth-order valence-corrected chi connectivity index (χ4v) is 3.69. The average Bonchev–Trinajstić information content (AvgIpc) is 3.23. The second-order valence-electron chi connectivity index (χ2n) is 6.95. The van der Waals surface area contributed by atoms with Crippen LogP contribution < -0.4 is 10.6 Å². The molecule has 3 rings (SSSR count). The van der Waals surface area contributed by atoms with Gasteiger partial charge in [0.1, 0.15) is 5.70 Å². The van der Waals surface area contributed by atoms with Gasteiger partial charge >= 0.3 is 0 Å². The Hall–Kier alpha value is -3.18. The van der Waals surface area contributed by atoms with Crippen LogP contribution in [0.15, 0.2) is 71.7 Å². The quantitative estimate of drug-likeness (QED) is 0.567. The van der Waals surface area contributed by atoms with E-state index in [1.807, 2.05) is 50.4 Å². The maximum atomic E-state index is 13.0. The first-order valence-electron chi connectivity index (χ1n) is 9.43. The standard InChI is InChI=1S/C24H24N2O2S/c1-16-11-12-17(2)21(14-16)18(3)25-24(28)22(15-20-10-7-13-29-20)26-23(27)19-8-5-4-6-9-19/h4-15,18H,1-3H3,(H,25,28)(H,26,27)/b22-15-/t18-/m0/s1. The van der Waals surface area contributed by atoms with E-state index in [-0.39, 0.29) is 23.6 Å². The predicted molar refractivity (Wildman–Crippen MR) is 119 cm³/mol. The molecule has 1 atom stereocenters. The van der Waals surface area contributed by atoms with E-state index in [0.717, 1.165) is 21.6 Å². The molecular weight excluding hydrogens is 380 g/mol. The van der Waals surface area contributed by atoms with Crippen LogP contribution in [0.5, 0.6) is 0 Å². The number of thiophene rings is 1. The summed E-state index contributed by atoms with van der Waals surface area (Å²) in [5.41, 5.74) is 4.03. The molecule has 1 heterocycles. The summed E-state index contributed by atoms with van der Waals surface area (Å²) in [6.07, 6.45) is 1.71. The van der Waals surface area contributed by atoms with Gasteiger partial charge in [-0.25, -0.2) is 0 Å². The molecule has 0 fully saturated rings. The van der Waals surface area contributed by atoms with Crippen LogP contribution in [0.2, 0.25) is 0 Å². The van der Waals surface area contributed by atoms with Crippen LogP contribution in [0.25, 0.3) is 6.08 Å². The zero-order valence-electron chi connectivity index (χ0n) is 16.7. The van der Waals surface area contributed by atoms with Crippen molar-refractivity contribution in [3.63, 3.8) is 0 Å². The highest BCUT2D eigenvalue weighted by Gasteiger charge is 2.18. The lowest BCUT2D eigenvalue weighted by molar-refractivity contribution is -0.118. The Labute approximate surface area is 175 Å². The fraction of sp³-hybridized carbons (Fsp3) is 0.167. The van der Waals surface area contributed by atoms with E-state index in [2.05, 4.69) is 22.8 Å². The molecule has 0 radical (unpaired) electrons. The highest BCUT2D eigenvalue weighted by molar-refractivity contribution is 7.10. The Kier molecular flexibility index (Phi) is 6.62. The number of hydrogen-bond donors (Lipinski definition) is 2. The summed E-state index contributed by atoms with van der Waals surface area (Å²) in [4.78, 5) is 26.5. The molecule has 0 saturated carbocycles. The van der Waals surface area contributed by atoms with Crippen LogP contribution in [0, 0.1) is 13.8 Å². The van der Waals surface area contributed by atoms with Crippen LogP contribution in [0.4, 0.5) is 0 Å². The molecule has 0 spiro atoms. The number of carbonyl (C=O) groups excluding carboxylic acids is 2. The molecule has 0 bridgehead atoms. The first kappa shape index (κ1) is 20.6. The van der Waals surface area contributed by atoms with Crippen LogP contribution in [-0.2, 0) is 4.79 Å². The van der Waals surface area contributed by atoms with Crippen molar-refractivity contribution in [2.75, 3.05) is 0 Å². The van der Waals surface area contributed by atoms with Gasteiger partial charge in [-0.05, 0) is 61.6 Å². The minimum absolute atomic E-state index is 0.192. The minimum atomic E-state index is -0.323. The number of hydrogen-bond acceptors (Lipinski definition) is 3. The van der Waals surface area contributed by atoms with Gasteiger partial charge in [0.15, 0.2) is 0 Å². The monoisotopic (exact) mass is 404 g/mol. The number of aryl methyl sites for hydroxylation is 2. The lowest BCUT2D eigenvalue weighted by atomic mass is 10.00. The van der Waals surface area contributed by atoms with Gasteiger partial charge in [0.25, 0.3) is 11.8 Å². The molecule has 0 aliphatic rings. The summed E-state index contributed by atoms with van der Waals surface area (Å²) in [7, 11) is 0. The van der Waals surface area contributed by atoms with Crippen molar-refractivity contribution in [3.05, 3.63) is 98.9 Å². The average molecular weight is 405 g/mol. The summed E-state index contributed by atoms with van der Waals surface area (Å²) in [5, 5.41) is 7.72. The summed E-state index contributed by atoms with van der Waals surface area (Å²) in [6, 6.07) is 18.7. The van der Waals surface area contributed by atoms with Crippen LogP contribution in [-0.4, -0.2) is 11.8 Å². The Balaban J connectivity index is 1.83. The SMILES string of the molecule is Cc1ccc(C)c([C@H](C)NC(=O)/C(=C/c2cccs2)NC(=O)c2ccccc2)c1. The van der Waals surface area contributed by atoms with Crippen molar-refractivity contribution in [2.45, 2.75) is 26.8 Å². The molecular formula is C24H24N2O2S. The molecule has 0 unspecified atom stereocenters. The number of amides is 2. The lowest BCUT2D eigenvalue weighted by Crippen LogP contribution is -2.36. The third kappa shape index (κ3) is 5.42. The first-order valence-corrected chi connectivity index (χ1v) is 10.3. The van der Waals surface area contributed by atoms with E-state index in [1.54, 1.807) is 30.3 Å². The highest BCUT2D eigenvalue weighted by atomic mass is 32.1. The lowest BCUT2D eigenvalue weighted by Gasteiger charge is -2.19. The Bertz CT molecular complexity index is 1020. The fourth-order valence-electron chi connectivity index (χ4n) is 3.04. The third-order valence-corrected chi connectivity index (χ3v) is 5.43. The number of carbonyl (C=O) groups is 2. The number of nitrogens with one attached hydrogen (secondary N) is 2. The molecule has 148 valence electrons. The maximum Gasteiger partial charge on any atom is 0.268 e. The zero-order valence-corrected chi connectivity index (χ0v) is 17.5. The van der Waals surface area contributed by atoms with Crippen molar-refractivity contribution < 1.29 is 9.59 Å². The molecule has 0 aliphatic heterocycles. The molecule has 5 heteroatoms. The van der Waals surface area contributed by atoms with Crippen molar-refractivity contribution >= 4 is 29.2 Å². The normalized spacial score (nSPS) is 12.3. The van der Waals surface area contributed by atoms with Gasteiger partial charge < -0.3 is 10.6 Å². The van der Waals surface area contributed by atoms with Crippen LogP contribution in [0.1, 0.15) is 44.9 Å². The van der Waals surface area contributed by atoms with E-state index in [9.17, 15) is 9.59 Å². The van der Waals surface area contributed by atoms with Crippen LogP contribution in [0.3, 0.4) is 0 Å². The van der Waals surface area contributed by atoms with Gasteiger partial charge in [0, 0.05) is 10.4 Å². The summed E-state index contributed by atoms with van der Waals surface area (Å²) < 4.78 is 0. The molecule has 0 aliphatic carbocycles. The third-order valence-electron chi connectivity index (χ3n) is 4.61. The van der Waals surface area contributed by atoms with Gasteiger partial charge in [-0.2, -0.15) is 0 Å². The van der Waals surface area contributed by atoms with Crippen LogP contribution >= 0.6 is 11.3 Å². The smallest absolute Gasteiger partial charge is 0.268 e. The Morgan fingerprint density at radius 1 is 1.00 bits per heavy atom. The molecule has 4 nitrogen and oxygen atoms in total. The van der Waals surface area contributed by atoms with Gasteiger partial charge in [0.2, 0.25) is 0 Å². The molecule has 2 amide bonds. The van der Waals surface area contributed by atoms with Gasteiger partial charge in [-0.15, -0.1) is 11.3 Å². The largest absolute Gasteiger partial charge is 0.344 e. The van der Waals surface area contributed by atoms with Crippen molar-refractivity contribution in [2.24, 2.45) is 0 Å². The van der Waals surface area contributed by atoms with Crippen molar-refractivity contribution in [1.82, 2.24) is 10.6 Å². The molecule has 3 aromatic rings. The second-order valence-corrected chi connectivity index (χ2v) is 7.93. The van der Waals surface area contributed by atoms with Gasteiger partial charge in [0.05, 0.1) is 6.04 Å². The molecule has 2 N–H and O–H groups in total. The number of rotatable bonds is 6. The van der Waals surface area contributed by atoms with Crippen molar-refractivity contribution in [3.8, 4) is 0 Å². The summed E-state index contributed by atoms with van der Waals surface area (Å²) in [5.74, 6) is -0.640. The highest BCUT2D eigenvalue weighted by Crippen LogP contribution is 2.20. The van der Waals surface area contributed by atoms with Crippen molar-refractivity contribution in [1.29, 1.82) is 0 Å². The van der Waals surface area contributed by atoms with E-state index >= 15 is 0 Å². The first-order chi connectivity index (χ1) is 13.9. The van der Waals surface area contributed by atoms with E-state index < -0.39 is 0 Å². The summed E-state index contributed by atoms with van der Waals surface area (Å²) >= 11 is 1.50. The molecule has 2 aromatic carbocycles. The summed E-state index contributed by atoms with van der Waals surface area (Å²) in [6.45, 7) is 6.00.